The summed E-state index contributed by atoms with van der Waals surface area (Å²) < 4.78 is 39.8. The van der Waals surface area contributed by atoms with Gasteiger partial charge in [-0.1, -0.05) is 19.1 Å². The van der Waals surface area contributed by atoms with Crippen molar-refractivity contribution in [3.8, 4) is 0 Å². The highest BCUT2D eigenvalue weighted by Gasteiger charge is 2.29. The van der Waals surface area contributed by atoms with E-state index in [2.05, 4.69) is 10.5 Å². The summed E-state index contributed by atoms with van der Waals surface area (Å²) in [6, 6.07) is 9.47. The Morgan fingerprint density at radius 2 is 1.86 bits per heavy atom. The average molecular weight is 420 g/mol. The molecule has 8 nitrogen and oxygen atoms in total. The van der Waals surface area contributed by atoms with Crippen LogP contribution in [0.1, 0.15) is 31.7 Å². The fraction of sp³-hybridized carbons (Fsp3) is 0.316. The monoisotopic (exact) mass is 420 g/mol. The standard InChI is InChI=1S/C19H21FN4O4S/c1-2-17(14-5-7-15(20)8-6-14)21-22-18-10-9-16(13-19(18)24(25)26)29(27,28)23-11-3-4-12-23/h5-10,13,22H,2-4,11-12H2,1H3/b21-17+. The number of hydrogen-bond acceptors (Lipinski definition) is 6. The Balaban J connectivity index is 1.91. The summed E-state index contributed by atoms with van der Waals surface area (Å²) in [7, 11) is -3.76. The Labute approximate surface area is 168 Å². The summed E-state index contributed by atoms with van der Waals surface area (Å²) in [5, 5.41) is 15.7. The first kappa shape index (κ1) is 20.9. The van der Waals surface area contributed by atoms with Crippen molar-refractivity contribution in [1.82, 2.24) is 4.31 Å². The topological polar surface area (TPSA) is 105 Å². The summed E-state index contributed by atoms with van der Waals surface area (Å²) in [6.45, 7) is 2.68. The van der Waals surface area contributed by atoms with E-state index in [1.807, 2.05) is 6.92 Å². The Kier molecular flexibility index (Phi) is 6.23. The van der Waals surface area contributed by atoms with Crippen molar-refractivity contribution >= 4 is 27.1 Å². The molecule has 1 saturated heterocycles. The van der Waals surface area contributed by atoms with E-state index in [4.69, 9.17) is 0 Å². The molecular formula is C19H21FN4O4S. The highest BCUT2D eigenvalue weighted by atomic mass is 32.2. The van der Waals surface area contributed by atoms with Crippen LogP contribution in [0.5, 0.6) is 0 Å². The van der Waals surface area contributed by atoms with E-state index < -0.39 is 14.9 Å². The third kappa shape index (κ3) is 4.60. The van der Waals surface area contributed by atoms with Crippen molar-refractivity contribution in [2.24, 2.45) is 5.10 Å². The first-order valence-electron chi connectivity index (χ1n) is 9.20. The molecule has 2 aromatic carbocycles. The maximum absolute atomic E-state index is 13.1. The van der Waals surface area contributed by atoms with Crippen LogP contribution in [0, 0.1) is 15.9 Å². The second-order valence-electron chi connectivity index (χ2n) is 6.58. The van der Waals surface area contributed by atoms with E-state index in [1.54, 1.807) is 12.1 Å². The minimum absolute atomic E-state index is 0.0726. The van der Waals surface area contributed by atoms with Gasteiger partial charge in [0.05, 0.1) is 15.5 Å². The molecule has 1 fully saturated rings. The highest BCUT2D eigenvalue weighted by Crippen LogP contribution is 2.30. The molecule has 0 unspecified atom stereocenters. The summed E-state index contributed by atoms with van der Waals surface area (Å²) in [5.74, 6) is -0.373. The molecule has 0 amide bonds. The van der Waals surface area contributed by atoms with Crippen molar-refractivity contribution in [3.63, 3.8) is 0 Å². The van der Waals surface area contributed by atoms with Gasteiger partial charge in [-0.2, -0.15) is 9.41 Å². The van der Waals surface area contributed by atoms with E-state index in [0.29, 0.717) is 30.8 Å². The molecule has 0 bridgehead atoms. The van der Waals surface area contributed by atoms with Crippen LogP contribution >= 0.6 is 0 Å². The zero-order valence-electron chi connectivity index (χ0n) is 15.8. The number of benzene rings is 2. The normalized spacial score (nSPS) is 15.4. The molecule has 1 aliphatic rings. The molecule has 0 atom stereocenters. The van der Waals surface area contributed by atoms with E-state index in [-0.39, 0.29) is 22.1 Å². The lowest BCUT2D eigenvalue weighted by Gasteiger charge is -2.15. The van der Waals surface area contributed by atoms with Crippen LogP contribution in [0.15, 0.2) is 52.5 Å². The number of nitro benzene ring substituents is 1. The lowest BCUT2D eigenvalue weighted by molar-refractivity contribution is -0.384. The second kappa shape index (κ2) is 8.66. The predicted molar refractivity (Wildman–Crippen MR) is 108 cm³/mol. The van der Waals surface area contributed by atoms with Gasteiger partial charge in [0, 0.05) is 19.2 Å². The van der Waals surface area contributed by atoms with Gasteiger partial charge < -0.3 is 0 Å². The Hall–Kier alpha value is -2.85. The molecule has 0 aliphatic carbocycles. The molecular weight excluding hydrogens is 399 g/mol. The first-order valence-corrected chi connectivity index (χ1v) is 10.6. The third-order valence-electron chi connectivity index (χ3n) is 4.69. The van der Waals surface area contributed by atoms with Crippen molar-refractivity contribution in [3.05, 3.63) is 64.0 Å². The minimum Gasteiger partial charge on any atom is -0.271 e. The van der Waals surface area contributed by atoms with Gasteiger partial charge in [0.25, 0.3) is 5.69 Å². The molecule has 1 N–H and O–H groups in total. The van der Waals surface area contributed by atoms with Crippen LogP contribution in [-0.2, 0) is 10.0 Å². The number of anilines is 1. The first-order chi connectivity index (χ1) is 13.8. The molecule has 0 spiro atoms. The van der Waals surface area contributed by atoms with Gasteiger partial charge in [-0.15, -0.1) is 0 Å². The quantitative estimate of drug-likeness (QED) is 0.417. The van der Waals surface area contributed by atoms with E-state index >= 15 is 0 Å². The number of rotatable bonds is 7. The zero-order valence-corrected chi connectivity index (χ0v) is 16.7. The average Bonchev–Trinajstić information content (AvgIpc) is 3.25. The third-order valence-corrected chi connectivity index (χ3v) is 6.59. The van der Waals surface area contributed by atoms with Gasteiger partial charge in [-0.05, 0) is 49.1 Å². The van der Waals surface area contributed by atoms with Gasteiger partial charge in [0.1, 0.15) is 11.5 Å². The van der Waals surface area contributed by atoms with Crippen LogP contribution in [0.3, 0.4) is 0 Å². The molecule has 1 aliphatic heterocycles. The van der Waals surface area contributed by atoms with Gasteiger partial charge in [-0.3, -0.25) is 15.5 Å². The number of halogens is 1. The summed E-state index contributed by atoms with van der Waals surface area (Å²) in [6.07, 6.45) is 2.06. The SMILES string of the molecule is CC/C(=N\Nc1ccc(S(=O)(=O)N2CCCC2)cc1[N+](=O)[O-])c1ccc(F)cc1. The van der Waals surface area contributed by atoms with Crippen molar-refractivity contribution < 1.29 is 17.7 Å². The highest BCUT2D eigenvalue weighted by molar-refractivity contribution is 7.89. The largest absolute Gasteiger partial charge is 0.295 e. The Morgan fingerprint density at radius 1 is 1.21 bits per heavy atom. The Bertz CT molecular complexity index is 1030. The van der Waals surface area contributed by atoms with Crippen LogP contribution in [0.4, 0.5) is 15.8 Å². The number of nitro groups is 1. The number of nitrogens with zero attached hydrogens (tertiary/aromatic N) is 3. The van der Waals surface area contributed by atoms with Crippen LogP contribution < -0.4 is 5.43 Å². The van der Waals surface area contributed by atoms with E-state index in [0.717, 1.165) is 18.9 Å². The molecule has 0 radical (unpaired) electrons. The molecule has 1 heterocycles. The van der Waals surface area contributed by atoms with Crippen molar-refractivity contribution in [2.75, 3.05) is 18.5 Å². The lowest BCUT2D eigenvalue weighted by Crippen LogP contribution is -2.27. The number of nitrogens with one attached hydrogen (secondary N) is 1. The van der Waals surface area contributed by atoms with Gasteiger partial charge >= 0.3 is 0 Å². The van der Waals surface area contributed by atoms with E-state index in [1.165, 1.54) is 28.6 Å². The molecule has 154 valence electrons. The number of hydrazone groups is 1. The van der Waals surface area contributed by atoms with Crippen LogP contribution in [0.2, 0.25) is 0 Å². The van der Waals surface area contributed by atoms with Crippen molar-refractivity contribution in [1.29, 1.82) is 0 Å². The molecule has 0 aromatic heterocycles. The fourth-order valence-electron chi connectivity index (χ4n) is 3.11. The smallest absolute Gasteiger partial charge is 0.271 e. The lowest BCUT2D eigenvalue weighted by atomic mass is 10.1. The minimum atomic E-state index is -3.76. The molecule has 3 rings (SSSR count). The van der Waals surface area contributed by atoms with E-state index in [9.17, 15) is 22.9 Å². The molecule has 29 heavy (non-hydrogen) atoms. The number of hydrogen-bond donors (Lipinski definition) is 1. The van der Waals surface area contributed by atoms with Crippen LogP contribution in [-0.4, -0.2) is 36.4 Å². The summed E-state index contributed by atoms with van der Waals surface area (Å²) in [4.78, 5) is 10.7. The van der Waals surface area contributed by atoms with Crippen LogP contribution in [0.25, 0.3) is 0 Å². The maximum atomic E-state index is 13.1. The molecule has 10 heteroatoms. The number of sulfonamides is 1. The van der Waals surface area contributed by atoms with Crippen molar-refractivity contribution in [2.45, 2.75) is 31.1 Å². The van der Waals surface area contributed by atoms with Gasteiger partial charge in [-0.25, -0.2) is 12.8 Å². The fourth-order valence-corrected chi connectivity index (χ4v) is 4.65. The second-order valence-corrected chi connectivity index (χ2v) is 8.52. The van der Waals surface area contributed by atoms with Gasteiger partial charge in [0.15, 0.2) is 0 Å². The predicted octanol–water partition coefficient (Wildman–Crippen LogP) is 3.74. The zero-order chi connectivity index (χ0) is 21.0. The molecule has 2 aromatic rings. The Morgan fingerprint density at radius 3 is 2.45 bits per heavy atom. The van der Waals surface area contributed by atoms with Gasteiger partial charge in [0.2, 0.25) is 10.0 Å². The molecule has 0 saturated carbocycles. The summed E-state index contributed by atoms with van der Waals surface area (Å²) in [5.41, 5.74) is 3.59. The maximum Gasteiger partial charge on any atom is 0.295 e. The summed E-state index contributed by atoms with van der Waals surface area (Å²) >= 11 is 0.